The Morgan fingerprint density at radius 2 is 1.61 bits per heavy atom. The average Bonchev–Trinajstić information content (AvgIpc) is 2.95. The molecule has 2 aliphatic rings. The van der Waals surface area contributed by atoms with Gasteiger partial charge in [0.05, 0.1) is 16.1 Å². The van der Waals surface area contributed by atoms with Gasteiger partial charge in [0, 0.05) is 23.3 Å². The lowest BCUT2D eigenvalue weighted by molar-refractivity contribution is 0.0217. The maximum atomic E-state index is 12.7. The van der Waals surface area contributed by atoms with E-state index in [-0.39, 0.29) is 32.9 Å². The minimum Gasteiger partial charge on any atom is -0.506 e. The average molecular weight is 417 g/mol. The minimum absolute atomic E-state index is 0.00923. The van der Waals surface area contributed by atoms with Crippen LogP contribution in [0.1, 0.15) is 27.0 Å². The normalized spacial score (nSPS) is 18.9. The quantitative estimate of drug-likeness (QED) is 0.460. The lowest BCUT2D eigenvalue weighted by Gasteiger charge is -2.37. The van der Waals surface area contributed by atoms with Crippen LogP contribution in [-0.2, 0) is 10.3 Å². The molecule has 0 bridgehead atoms. The van der Waals surface area contributed by atoms with Crippen LogP contribution in [0.25, 0.3) is 0 Å². The smallest absolute Gasteiger partial charge is 0.340 e. The van der Waals surface area contributed by atoms with Crippen LogP contribution in [0.4, 0.5) is 0 Å². The van der Waals surface area contributed by atoms with Crippen LogP contribution < -0.4 is 4.74 Å². The number of phenols is 3. The Hall–Kier alpha value is -3.09. The van der Waals surface area contributed by atoms with E-state index in [2.05, 4.69) is 0 Å². The Bertz CT molecular complexity index is 1210. The van der Waals surface area contributed by atoms with Crippen LogP contribution in [-0.4, -0.2) is 21.3 Å². The molecule has 0 saturated heterocycles. The van der Waals surface area contributed by atoms with Crippen LogP contribution >= 0.6 is 23.2 Å². The highest BCUT2D eigenvalue weighted by Gasteiger charge is 2.55. The van der Waals surface area contributed by atoms with E-state index in [1.165, 1.54) is 18.2 Å². The lowest BCUT2D eigenvalue weighted by atomic mass is 9.77. The zero-order valence-corrected chi connectivity index (χ0v) is 15.4. The molecule has 8 heteroatoms. The Morgan fingerprint density at radius 3 is 2.39 bits per heavy atom. The van der Waals surface area contributed by atoms with E-state index in [0.717, 1.165) is 0 Å². The van der Waals surface area contributed by atoms with Gasteiger partial charge in [0.15, 0.2) is 5.60 Å². The number of rotatable bonds is 0. The molecule has 5 rings (SSSR count). The zero-order valence-electron chi connectivity index (χ0n) is 13.9. The Balaban J connectivity index is 1.97. The van der Waals surface area contributed by atoms with Gasteiger partial charge in [-0.1, -0.05) is 41.4 Å². The van der Waals surface area contributed by atoms with Crippen LogP contribution in [0, 0.1) is 0 Å². The molecule has 28 heavy (non-hydrogen) atoms. The number of halogens is 2. The summed E-state index contributed by atoms with van der Waals surface area (Å²) in [5, 5.41) is 30.5. The van der Waals surface area contributed by atoms with Crippen molar-refractivity contribution in [3.05, 3.63) is 74.8 Å². The number of hydrogen-bond donors (Lipinski definition) is 3. The van der Waals surface area contributed by atoms with E-state index in [4.69, 9.17) is 32.7 Å². The van der Waals surface area contributed by atoms with Crippen molar-refractivity contribution < 1.29 is 29.6 Å². The third-order valence-corrected chi connectivity index (χ3v) is 5.63. The highest BCUT2D eigenvalue weighted by atomic mass is 35.5. The molecule has 2 aliphatic heterocycles. The number of phenolic OH excluding ortho intramolecular Hbond substituents is 3. The maximum absolute atomic E-state index is 12.7. The van der Waals surface area contributed by atoms with Crippen molar-refractivity contribution in [2.75, 3.05) is 0 Å². The SMILES string of the molecule is O=C1OC2(c3cc(Cl)c(O)cc3Oc3cc(O)c(Cl)c(O)c32)c2ccccc21. The summed E-state index contributed by atoms with van der Waals surface area (Å²) in [4.78, 5) is 12.7. The molecule has 0 amide bonds. The number of fused-ring (bicyclic) bond motifs is 6. The fourth-order valence-corrected chi connectivity index (χ4v) is 4.10. The molecule has 0 radical (unpaired) electrons. The van der Waals surface area contributed by atoms with E-state index in [0.29, 0.717) is 16.7 Å². The number of benzene rings is 3. The molecule has 3 N–H and O–H groups in total. The summed E-state index contributed by atoms with van der Waals surface area (Å²) < 4.78 is 11.6. The van der Waals surface area contributed by atoms with E-state index < -0.39 is 23.1 Å². The highest BCUT2D eigenvalue weighted by molar-refractivity contribution is 6.33. The van der Waals surface area contributed by atoms with E-state index in [9.17, 15) is 20.1 Å². The molecule has 1 spiro atoms. The number of carbonyl (C=O) groups is 1. The third kappa shape index (κ3) is 1.96. The van der Waals surface area contributed by atoms with Gasteiger partial charge in [0.2, 0.25) is 0 Å². The summed E-state index contributed by atoms with van der Waals surface area (Å²) >= 11 is 12.2. The fourth-order valence-electron chi connectivity index (χ4n) is 3.79. The minimum atomic E-state index is -1.62. The second kappa shape index (κ2) is 5.47. The lowest BCUT2D eigenvalue weighted by Crippen LogP contribution is -2.33. The topological polar surface area (TPSA) is 96.2 Å². The number of hydrogen-bond acceptors (Lipinski definition) is 6. The van der Waals surface area contributed by atoms with Gasteiger partial charge in [-0.15, -0.1) is 0 Å². The molecule has 0 saturated carbocycles. The van der Waals surface area contributed by atoms with Gasteiger partial charge >= 0.3 is 5.97 Å². The van der Waals surface area contributed by atoms with E-state index in [1.807, 2.05) is 0 Å². The van der Waals surface area contributed by atoms with Gasteiger partial charge in [0.25, 0.3) is 0 Å². The molecule has 1 unspecified atom stereocenters. The zero-order chi connectivity index (χ0) is 19.8. The molecule has 1 atom stereocenters. The van der Waals surface area contributed by atoms with Crippen molar-refractivity contribution in [3.63, 3.8) is 0 Å². The van der Waals surface area contributed by atoms with Crippen LogP contribution in [0.5, 0.6) is 28.7 Å². The highest BCUT2D eigenvalue weighted by Crippen LogP contribution is 2.61. The predicted octanol–water partition coefficient (Wildman–Crippen LogP) is 4.68. The first-order valence-corrected chi connectivity index (χ1v) is 8.88. The first-order chi connectivity index (χ1) is 13.3. The molecule has 0 aliphatic carbocycles. The predicted molar refractivity (Wildman–Crippen MR) is 99.7 cm³/mol. The van der Waals surface area contributed by atoms with Gasteiger partial charge in [-0.3, -0.25) is 0 Å². The van der Waals surface area contributed by atoms with Gasteiger partial charge in [-0.2, -0.15) is 0 Å². The summed E-state index contributed by atoms with van der Waals surface area (Å²) in [5.74, 6) is -1.57. The molecule has 0 fully saturated rings. The molecular formula is C20H10Cl2O6. The van der Waals surface area contributed by atoms with Crippen LogP contribution in [0.3, 0.4) is 0 Å². The number of aromatic hydroxyl groups is 3. The van der Waals surface area contributed by atoms with Crippen molar-refractivity contribution in [1.29, 1.82) is 0 Å². The van der Waals surface area contributed by atoms with Gasteiger partial charge in [0.1, 0.15) is 33.8 Å². The summed E-state index contributed by atoms with van der Waals surface area (Å²) in [6.45, 7) is 0. The third-order valence-electron chi connectivity index (χ3n) is 4.96. The fraction of sp³-hybridized carbons (Fsp3) is 0.0500. The van der Waals surface area contributed by atoms with Crippen molar-refractivity contribution >= 4 is 29.2 Å². The van der Waals surface area contributed by atoms with Crippen LogP contribution in [0.2, 0.25) is 10.0 Å². The second-order valence-electron chi connectivity index (χ2n) is 6.45. The van der Waals surface area contributed by atoms with E-state index in [1.54, 1.807) is 24.3 Å². The van der Waals surface area contributed by atoms with Crippen molar-refractivity contribution in [2.24, 2.45) is 0 Å². The standard InChI is InChI=1S/C20H10Cl2O6/c21-11-5-10-14(6-12(11)23)27-15-7-13(24)17(22)18(25)16(15)20(10)9-4-2-1-3-8(9)19(26)28-20/h1-7,23-25H. The number of ether oxygens (including phenoxy) is 2. The molecular weight excluding hydrogens is 407 g/mol. The molecule has 3 aromatic rings. The Kier molecular flexibility index (Phi) is 3.33. The largest absolute Gasteiger partial charge is 0.506 e. The molecule has 140 valence electrons. The van der Waals surface area contributed by atoms with Gasteiger partial charge < -0.3 is 24.8 Å². The Labute approximate surface area is 168 Å². The first kappa shape index (κ1) is 17.0. The first-order valence-electron chi connectivity index (χ1n) is 8.13. The summed E-state index contributed by atoms with van der Waals surface area (Å²) in [6, 6.07) is 10.6. The molecule has 6 nitrogen and oxygen atoms in total. The second-order valence-corrected chi connectivity index (χ2v) is 7.23. The Morgan fingerprint density at radius 1 is 0.893 bits per heavy atom. The monoisotopic (exact) mass is 416 g/mol. The van der Waals surface area contributed by atoms with Crippen LogP contribution in [0.15, 0.2) is 42.5 Å². The molecule has 0 aromatic heterocycles. The maximum Gasteiger partial charge on any atom is 0.340 e. The molecule has 2 heterocycles. The number of esters is 1. The number of carbonyl (C=O) groups excluding carboxylic acids is 1. The summed E-state index contributed by atoms with van der Waals surface area (Å²) in [5.41, 5.74) is -0.505. The van der Waals surface area contributed by atoms with E-state index >= 15 is 0 Å². The van der Waals surface area contributed by atoms with Crippen molar-refractivity contribution in [3.8, 4) is 28.7 Å². The summed E-state index contributed by atoms with van der Waals surface area (Å²) in [6.07, 6.45) is 0. The molecule has 3 aromatic carbocycles. The van der Waals surface area contributed by atoms with Crippen molar-refractivity contribution in [1.82, 2.24) is 0 Å². The van der Waals surface area contributed by atoms with Gasteiger partial charge in [-0.05, 0) is 12.1 Å². The van der Waals surface area contributed by atoms with Gasteiger partial charge in [-0.25, -0.2) is 4.79 Å². The van der Waals surface area contributed by atoms with Crippen molar-refractivity contribution in [2.45, 2.75) is 5.60 Å². The summed E-state index contributed by atoms with van der Waals surface area (Å²) in [7, 11) is 0.